The lowest BCUT2D eigenvalue weighted by molar-refractivity contribution is 0.414. The molecule has 0 aromatic heterocycles. The fourth-order valence-corrected chi connectivity index (χ4v) is 3.55. The van der Waals surface area contributed by atoms with Crippen molar-refractivity contribution in [3.05, 3.63) is 35.5 Å². The van der Waals surface area contributed by atoms with Crippen LogP contribution in [0.15, 0.2) is 35.5 Å². The first-order valence-electron chi connectivity index (χ1n) is 7.70. The van der Waals surface area contributed by atoms with Gasteiger partial charge in [-0.25, -0.2) is 0 Å². The maximum Gasteiger partial charge on any atom is 0.00675 e. The summed E-state index contributed by atoms with van der Waals surface area (Å²) in [7, 11) is 0. The van der Waals surface area contributed by atoms with Gasteiger partial charge in [0.05, 0.1) is 0 Å². The van der Waals surface area contributed by atoms with Gasteiger partial charge in [-0.1, -0.05) is 69.1 Å². The van der Waals surface area contributed by atoms with Crippen LogP contribution in [0.25, 0.3) is 0 Å². The van der Waals surface area contributed by atoms with E-state index in [1.165, 1.54) is 44.1 Å². The highest BCUT2D eigenvalue weighted by Crippen LogP contribution is 2.46. The van der Waals surface area contributed by atoms with Crippen molar-refractivity contribution in [2.24, 2.45) is 17.8 Å². The summed E-state index contributed by atoms with van der Waals surface area (Å²) in [5.41, 5.74) is 4.84. The lowest BCUT2D eigenvalue weighted by atomic mass is 9.66. The van der Waals surface area contributed by atoms with Gasteiger partial charge < -0.3 is 0 Å². The third-order valence-corrected chi connectivity index (χ3v) is 4.68. The summed E-state index contributed by atoms with van der Waals surface area (Å²) in [6, 6.07) is 0. The molecule has 1 fully saturated rings. The first-order valence-corrected chi connectivity index (χ1v) is 7.70. The third kappa shape index (κ3) is 2.79. The van der Waals surface area contributed by atoms with E-state index in [0.717, 1.165) is 5.92 Å². The summed E-state index contributed by atoms with van der Waals surface area (Å²) in [6.07, 6.45) is 12.7. The van der Waals surface area contributed by atoms with E-state index in [1.54, 1.807) is 11.1 Å². The average molecular weight is 244 g/mol. The largest absolute Gasteiger partial charge is 0.0992 e. The van der Waals surface area contributed by atoms with Crippen molar-refractivity contribution < 1.29 is 0 Å². The Labute approximate surface area is 113 Å². The molecule has 3 atom stereocenters. The molecule has 0 aromatic rings. The summed E-state index contributed by atoms with van der Waals surface area (Å²) >= 11 is 0. The molecule has 2 aliphatic rings. The topological polar surface area (TPSA) is 0 Å². The fraction of sp³-hybridized carbons (Fsp3) is 0.667. The molecule has 0 N–H and O–H groups in total. The molecule has 0 radical (unpaired) electrons. The molecular formula is C18H28. The fourth-order valence-electron chi connectivity index (χ4n) is 3.55. The summed E-state index contributed by atoms with van der Waals surface area (Å²) in [4.78, 5) is 0. The van der Waals surface area contributed by atoms with Crippen molar-refractivity contribution in [3.8, 4) is 0 Å². The molecule has 0 nitrogen and oxygen atoms in total. The molecule has 2 rings (SSSR count). The second-order valence-electron chi connectivity index (χ2n) is 6.27. The standard InChI is InChI=1S/C18H28/c1-5-6-7-8-16-10-9-14(3)18(15(16)4)17-11-13(2)12-17/h8,11,13,15,18H,3,5-7,9-10,12H2,1-2,4H3/b16-8-. The van der Waals surface area contributed by atoms with Crippen LogP contribution in [-0.2, 0) is 0 Å². The van der Waals surface area contributed by atoms with Gasteiger partial charge in [0.2, 0.25) is 0 Å². The minimum atomic E-state index is 0.655. The van der Waals surface area contributed by atoms with E-state index in [4.69, 9.17) is 0 Å². The van der Waals surface area contributed by atoms with E-state index in [2.05, 4.69) is 39.5 Å². The molecule has 100 valence electrons. The summed E-state index contributed by atoms with van der Waals surface area (Å²) < 4.78 is 0. The third-order valence-electron chi connectivity index (χ3n) is 4.68. The molecule has 0 heteroatoms. The average Bonchev–Trinajstić information content (AvgIpc) is 2.30. The zero-order valence-corrected chi connectivity index (χ0v) is 12.3. The van der Waals surface area contributed by atoms with E-state index in [-0.39, 0.29) is 0 Å². The van der Waals surface area contributed by atoms with Gasteiger partial charge in [0.1, 0.15) is 0 Å². The summed E-state index contributed by atoms with van der Waals surface area (Å²) in [5, 5.41) is 0. The number of hydrogen-bond donors (Lipinski definition) is 0. The van der Waals surface area contributed by atoms with Crippen LogP contribution in [0.2, 0.25) is 0 Å². The van der Waals surface area contributed by atoms with Crippen LogP contribution in [0.4, 0.5) is 0 Å². The Balaban J connectivity index is 2.07. The monoisotopic (exact) mass is 244 g/mol. The van der Waals surface area contributed by atoms with E-state index < -0.39 is 0 Å². The van der Waals surface area contributed by atoms with Gasteiger partial charge in [-0.15, -0.1) is 0 Å². The quantitative estimate of drug-likeness (QED) is 0.441. The zero-order valence-electron chi connectivity index (χ0n) is 12.3. The molecule has 0 aromatic carbocycles. The van der Waals surface area contributed by atoms with Gasteiger partial charge in [0, 0.05) is 5.92 Å². The Hall–Kier alpha value is -0.780. The number of allylic oxidation sites excluding steroid dienone is 5. The molecule has 0 amide bonds. The molecule has 0 spiro atoms. The van der Waals surface area contributed by atoms with Gasteiger partial charge in [-0.05, 0) is 37.5 Å². The maximum atomic E-state index is 4.34. The zero-order chi connectivity index (χ0) is 13.1. The second kappa shape index (κ2) is 5.91. The van der Waals surface area contributed by atoms with Crippen molar-refractivity contribution in [1.82, 2.24) is 0 Å². The molecule has 0 saturated heterocycles. The van der Waals surface area contributed by atoms with Crippen LogP contribution < -0.4 is 0 Å². The van der Waals surface area contributed by atoms with E-state index in [1.807, 2.05) is 0 Å². The molecule has 0 aliphatic heterocycles. The SMILES string of the molecule is C=C1CC/C(=C/CCCC)C(C)C1C1=CC(C)C1. The normalized spacial score (nSPS) is 34.4. The van der Waals surface area contributed by atoms with Crippen LogP contribution >= 0.6 is 0 Å². The molecule has 0 heterocycles. The van der Waals surface area contributed by atoms with Gasteiger partial charge in [0.15, 0.2) is 0 Å². The Bertz CT molecular complexity index is 369. The number of hydrogen-bond acceptors (Lipinski definition) is 0. The lowest BCUT2D eigenvalue weighted by Gasteiger charge is -2.39. The highest BCUT2D eigenvalue weighted by molar-refractivity contribution is 5.33. The Morgan fingerprint density at radius 2 is 2.06 bits per heavy atom. The van der Waals surface area contributed by atoms with Crippen molar-refractivity contribution in [3.63, 3.8) is 0 Å². The first kappa shape index (κ1) is 13.6. The van der Waals surface area contributed by atoms with E-state index in [9.17, 15) is 0 Å². The van der Waals surface area contributed by atoms with Gasteiger partial charge in [-0.3, -0.25) is 0 Å². The van der Waals surface area contributed by atoms with Crippen molar-refractivity contribution in [2.45, 2.75) is 59.3 Å². The molecule has 2 aliphatic carbocycles. The molecule has 18 heavy (non-hydrogen) atoms. The van der Waals surface area contributed by atoms with Crippen LogP contribution in [0.1, 0.15) is 59.3 Å². The summed E-state index contributed by atoms with van der Waals surface area (Å²) in [6.45, 7) is 11.3. The van der Waals surface area contributed by atoms with Gasteiger partial charge >= 0.3 is 0 Å². The Morgan fingerprint density at radius 3 is 2.67 bits per heavy atom. The smallest absolute Gasteiger partial charge is 0.00675 e. The van der Waals surface area contributed by atoms with Crippen molar-refractivity contribution in [2.75, 3.05) is 0 Å². The van der Waals surface area contributed by atoms with Crippen LogP contribution in [0, 0.1) is 17.8 Å². The second-order valence-corrected chi connectivity index (χ2v) is 6.27. The van der Waals surface area contributed by atoms with Gasteiger partial charge in [-0.2, -0.15) is 0 Å². The molecule has 1 saturated carbocycles. The highest BCUT2D eigenvalue weighted by atomic mass is 14.4. The molecule has 3 unspecified atom stereocenters. The minimum absolute atomic E-state index is 0.655. The van der Waals surface area contributed by atoms with Crippen molar-refractivity contribution in [1.29, 1.82) is 0 Å². The molecule has 0 bridgehead atoms. The molecular weight excluding hydrogens is 216 g/mol. The van der Waals surface area contributed by atoms with Crippen molar-refractivity contribution >= 4 is 0 Å². The van der Waals surface area contributed by atoms with Gasteiger partial charge in [0.25, 0.3) is 0 Å². The van der Waals surface area contributed by atoms with E-state index in [0.29, 0.717) is 11.8 Å². The highest BCUT2D eigenvalue weighted by Gasteiger charge is 2.33. The predicted molar refractivity (Wildman–Crippen MR) is 80.5 cm³/mol. The Morgan fingerprint density at radius 1 is 1.33 bits per heavy atom. The van der Waals surface area contributed by atoms with E-state index >= 15 is 0 Å². The first-order chi connectivity index (χ1) is 8.63. The summed E-state index contributed by atoms with van der Waals surface area (Å²) in [5.74, 6) is 2.15. The minimum Gasteiger partial charge on any atom is -0.0992 e. The van der Waals surface area contributed by atoms with Crippen LogP contribution in [0.3, 0.4) is 0 Å². The van der Waals surface area contributed by atoms with Crippen LogP contribution in [0.5, 0.6) is 0 Å². The predicted octanol–water partition coefficient (Wildman–Crippen LogP) is 5.67. The number of unbranched alkanes of at least 4 members (excludes halogenated alkanes) is 2. The number of rotatable bonds is 4. The van der Waals surface area contributed by atoms with Crippen LogP contribution in [-0.4, -0.2) is 0 Å². The maximum absolute atomic E-state index is 4.34. The lowest BCUT2D eigenvalue weighted by Crippen LogP contribution is -2.27. The Kier molecular flexibility index (Phi) is 4.48.